The second kappa shape index (κ2) is 5.09. The molecule has 0 spiro atoms. The maximum absolute atomic E-state index is 10.6. The van der Waals surface area contributed by atoms with E-state index in [-0.39, 0.29) is 0 Å². The summed E-state index contributed by atoms with van der Waals surface area (Å²) >= 11 is 0. The van der Waals surface area contributed by atoms with E-state index in [1.54, 1.807) is 0 Å². The minimum absolute atomic E-state index is 0.551. The zero-order chi connectivity index (χ0) is 13.2. The van der Waals surface area contributed by atoms with Crippen LogP contribution in [0, 0.1) is 30.6 Å². The lowest BCUT2D eigenvalue weighted by Gasteiger charge is -2.35. The normalized spacial score (nSPS) is 20.1. The lowest BCUT2D eigenvalue weighted by atomic mass is 9.73. The van der Waals surface area contributed by atoms with Crippen molar-refractivity contribution in [2.24, 2.45) is 5.41 Å². The summed E-state index contributed by atoms with van der Waals surface area (Å²) in [6.07, 6.45) is 0.460. The highest BCUT2D eigenvalue weighted by Crippen LogP contribution is 2.42. The van der Waals surface area contributed by atoms with Gasteiger partial charge in [0, 0.05) is 13.2 Å². The van der Waals surface area contributed by atoms with Crippen molar-refractivity contribution >= 4 is 0 Å². The Kier molecular flexibility index (Phi) is 3.70. The molecule has 1 aliphatic heterocycles. The minimum Gasteiger partial charge on any atom is -0.387 e. The van der Waals surface area contributed by atoms with Crippen molar-refractivity contribution in [2.45, 2.75) is 32.8 Å². The van der Waals surface area contributed by atoms with Crippen molar-refractivity contribution in [3.63, 3.8) is 0 Å². The Morgan fingerprint density at radius 2 is 2.00 bits per heavy atom. The third-order valence-electron chi connectivity index (χ3n) is 3.86. The van der Waals surface area contributed by atoms with Gasteiger partial charge in [0.25, 0.3) is 0 Å². The molecular weight excluding hydrogens is 226 g/mol. The van der Waals surface area contributed by atoms with Crippen LogP contribution in [0.1, 0.15) is 35.6 Å². The fourth-order valence-electron chi connectivity index (χ4n) is 2.53. The van der Waals surface area contributed by atoms with Crippen LogP contribution in [0.5, 0.6) is 0 Å². The van der Waals surface area contributed by atoms with Gasteiger partial charge in [0.1, 0.15) is 0 Å². The second-order valence-electron chi connectivity index (χ2n) is 5.14. The Morgan fingerprint density at radius 1 is 1.33 bits per heavy atom. The van der Waals surface area contributed by atoms with E-state index in [0.29, 0.717) is 26.1 Å². The van der Waals surface area contributed by atoms with Gasteiger partial charge in [0.2, 0.25) is 0 Å². The van der Waals surface area contributed by atoms with E-state index in [1.807, 2.05) is 32.0 Å². The number of aliphatic hydroxyl groups is 1. The number of nitrogens with zero attached hydrogens (tertiary/aromatic N) is 1. The van der Waals surface area contributed by atoms with Gasteiger partial charge in [-0.15, -0.1) is 0 Å². The fourth-order valence-corrected chi connectivity index (χ4v) is 2.53. The molecule has 0 amide bonds. The predicted octanol–water partition coefficient (Wildman–Crippen LogP) is 2.66. The van der Waals surface area contributed by atoms with E-state index in [9.17, 15) is 10.4 Å². The van der Waals surface area contributed by atoms with E-state index in [2.05, 4.69) is 6.07 Å². The maximum atomic E-state index is 10.6. The number of aliphatic hydroxyl groups excluding tert-OH is 1. The van der Waals surface area contributed by atoms with Gasteiger partial charge in [-0.1, -0.05) is 23.8 Å². The first-order valence-electron chi connectivity index (χ1n) is 6.33. The third-order valence-corrected chi connectivity index (χ3v) is 3.86. The average Bonchev–Trinajstić information content (AvgIpc) is 2.41. The summed E-state index contributed by atoms with van der Waals surface area (Å²) < 4.78 is 5.30. The molecule has 1 aliphatic rings. The lowest BCUT2D eigenvalue weighted by molar-refractivity contribution is -0.0312. The molecule has 1 fully saturated rings. The van der Waals surface area contributed by atoms with Crippen molar-refractivity contribution in [1.82, 2.24) is 0 Å². The minimum atomic E-state index is -0.730. The standard InChI is InChI=1S/C15H19NO2/c1-11-3-4-12(2)13(9-11)14(17)15(10-16)5-7-18-8-6-15/h3-4,9,14,17H,5-8H2,1-2H3. The smallest absolute Gasteiger partial charge is 0.0980 e. The van der Waals surface area contributed by atoms with Crippen LogP contribution in [-0.4, -0.2) is 18.3 Å². The second-order valence-corrected chi connectivity index (χ2v) is 5.14. The van der Waals surface area contributed by atoms with Gasteiger partial charge < -0.3 is 9.84 Å². The monoisotopic (exact) mass is 245 g/mol. The van der Waals surface area contributed by atoms with E-state index < -0.39 is 11.5 Å². The molecule has 3 nitrogen and oxygen atoms in total. The zero-order valence-corrected chi connectivity index (χ0v) is 10.9. The molecule has 1 saturated heterocycles. The Labute approximate surface area is 108 Å². The van der Waals surface area contributed by atoms with Crippen molar-refractivity contribution in [1.29, 1.82) is 5.26 Å². The molecule has 0 aromatic heterocycles. The number of hydrogen-bond acceptors (Lipinski definition) is 3. The van der Waals surface area contributed by atoms with Gasteiger partial charge in [-0.05, 0) is 37.8 Å². The number of hydrogen-bond donors (Lipinski definition) is 1. The quantitative estimate of drug-likeness (QED) is 0.871. The summed E-state index contributed by atoms with van der Waals surface area (Å²) in [4.78, 5) is 0. The largest absolute Gasteiger partial charge is 0.387 e. The molecule has 1 N–H and O–H groups in total. The number of rotatable bonds is 2. The summed E-state index contributed by atoms with van der Waals surface area (Å²) in [6.45, 7) is 5.08. The molecule has 0 radical (unpaired) electrons. The Hall–Kier alpha value is -1.37. The molecule has 3 heteroatoms. The van der Waals surface area contributed by atoms with Crippen molar-refractivity contribution in [3.05, 3.63) is 34.9 Å². The molecule has 0 bridgehead atoms. The molecule has 96 valence electrons. The first kappa shape index (κ1) is 13.1. The summed E-state index contributed by atoms with van der Waals surface area (Å²) in [6, 6.07) is 8.33. The molecule has 1 aromatic carbocycles. The maximum Gasteiger partial charge on any atom is 0.0980 e. The molecule has 1 unspecified atom stereocenters. The van der Waals surface area contributed by atoms with E-state index in [0.717, 1.165) is 16.7 Å². The Morgan fingerprint density at radius 3 is 2.61 bits per heavy atom. The van der Waals surface area contributed by atoms with E-state index in [1.165, 1.54) is 0 Å². The number of nitriles is 1. The zero-order valence-electron chi connectivity index (χ0n) is 10.9. The van der Waals surface area contributed by atoms with Gasteiger partial charge in [-0.25, -0.2) is 0 Å². The molecule has 0 saturated carbocycles. The fraction of sp³-hybridized carbons (Fsp3) is 0.533. The molecule has 18 heavy (non-hydrogen) atoms. The van der Waals surface area contributed by atoms with Crippen molar-refractivity contribution < 1.29 is 9.84 Å². The molecular formula is C15H19NO2. The van der Waals surface area contributed by atoms with Gasteiger partial charge >= 0.3 is 0 Å². The molecule has 0 aliphatic carbocycles. The molecule has 1 heterocycles. The van der Waals surface area contributed by atoms with Gasteiger partial charge in [-0.3, -0.25) is 0 Å². The Bertz CT molecular complexity index is 470. The highest BCUT2D eigenvalue weighted by Gasteiger charge is 2.41. The molecule has 1 aromatic rings. The van der Waals surface area contributed by atoms with Crippen LogP contribution in [0.4, 0.5) is 0 Å². The van der Waals surface area contributed by atoms with Crippen LogP contribution in [0.2, 0.25) is 0 Å². The Balaban J connectivity index is 2.37. The van der Waals surface area contributed by atoms with Crippen LogP contribution in [0.25, 0.3) is 0 Å². The number of aryl methyl sites for hydroxylation is 2. The molecule has 1 atom stereocenters. The number of ether oxygens (including phenoxy) is 1. The van der Waals surface area contributed by atoms with E-state index >= 15 is 0 Å². The first-order valence-corrected chi connectivity index (χ1v) is 6.33. The topological polar surface area (TPSA) is 53.2 Å². The third kappa shape index (κ3) is 2.27. The van der Waals surface area contributed by atoms with Crippen LogP contribution in [-0.2, 0) is 4.74 Å². The first-order chi connectivity index (χ1) is 8.59. The summed E-state index contributed by atoms with van der Waals surface area (Å²) in [5, 5.41) is 20.1. The highest BCUT2D eigenvalue weighted by atomic mass is 16.5. The number of benzene rings is 1. The predicted molar refractivity (Wildman–Crippen MR) is 69.0 cm³/mol. The van der Waals surface area contributed by atoms with Crippen molar-refractivity contribution in [3.8, 4) is 6.07 Å². The van der Waals surface area contributed by atoms with Crippen LogP contribution in [0.15, 0.2) is 18.2 Å². The van der Waals surface area contributed by atoms with Gasteiger partial charge in [0.05, 0.1) is 17.6 Å². The summed E-state index contributed by atoms with van der Waals surface area (Å²) in [5.74, 6) is 0. The summed E-state index contributed by atoms with van der Waals surface area (Å²) in [7, 11) is 0. The lowest BCUT2D eigenvalue weighted by Crippen LogP contribution is -2.34. The van der Waals surface area contributed by atoms with Gasteiger partial charge in [-0.2, -0.15) is 5.26 Å². The highest BCUT2D eigenvalue weighted by molar-refractivity contribution is 5.34. The van der Waals surface area contributed by atoms with Crippen LogP contribution in [0.3, 0.4) is 0 Å². The van der Waals surface area contributed by atoms with Gasteiger partial charge in [0.15, 0.2) is 0 Å². The van der Waals surface area contributed by atoms with Crippen LogP contribution >= 0.6 is 0 Å². The van der Waals surface area contributed by atoms with E-state index in [4.69, 9.17) is 4.74 Å². The van der Waals surface area contributed by atoms with Crippen molar-refractivity contribution in [2.75, 3.05) is 13.2 Å². The summed E-state index contributed by atoms with van der Waals surface area (Å²) in [5.41, 5.74) is 2.32. The SMILES string of the molecule is Cc1ccc(C)c(C(O)C2(C#N)CCOCC2)c1. The average molecular weight is 245 g/mol. The van der Waals surface area contributed by atoms with Crippen LogP contribution < -0.4 is 0 Å². The molecule has 2 rings (SSSR count).